The van der Waals surface area contributed by atoms with Gasteiger partial charge in [0.25, 0.3) is 0 Å². The maximum absolute atomic E-state index is 14.8. The normalized spacial score (nSPS) is 17.8. The number of nitrogens with one attached hydrogen (secondary N) is 2. The van der Waals surface area contributed by atoms with Crippen molar-refractivity contribution < 1.29 is 38.6 Å². The van der Waals surface area contributed by atoms with Crippen LogP contribution in [0, 0.1) is 5.41 Å². The van der Waals surface area contributed by atoms with E-state index in [2.05, 4.69) is 16.7 Å². The Labute approximate surface area is 323 Å². The number of benzene rings is 3. The highest BCUT2D eigenvalue weighted by molar-refractivity contribution is 5.95. The Morgan fingerprint density at radius 2 is 1.62 bits per heavy atom. The van der Waals surface area contributed by atoms with Gasteiger partial charge in [-0.3, -0.25) is 19.3 Å². The summed E-state index contributed by atoms with van der Waals surface area (Å²) in [5.41, 5.74) is 3.42. The molecule has 4 amide bonds. The minimum Gasteiger partial charge on any atom is -0.489 e. The van der Waals surface area contributed by atoms with Crippen LogP contribution in [-0.2, 0) is 45.1 Å². The summed E-state index contributed by atoms with van der Waals surface area (Å²) in [4.78, 5) is 69.7. The van der Waals surface area contributed by atoms with Crippen molar-refractivity contribution in [3.8, 4) is 5.75 Å². The maximum Gasteiger partial charge on any atom is 0.410 e. The number of carbonyl (C=O) groups is 5. The Hall–Kier alpha value is -5.39. The standard InChI is InChI=1S/C43H54N4O8/c1-26(46(8)41(53)55-43(5,6)7)37(48)45-36(42(2,3)4)39(50)47-24-31-22-32(54-25-27-16-18-29(19-17-27)40(51)52)21-20-30(31)23-35(47)38(49)44-34-15-11-13-28-12-9-10-14-33(28)34/h9-10,12,14,16-22,26,34-36H,11,13,15,23-25H2,1-8H3,(H,44,49)(H,45,48)(H,51,52)/t26-,34?,35?,36?/m0/s1. The van der Waals surface area contributed by atoms with Gasteiger partial charge in [0, 0.05) is 20.0 Å². The summed E-state index contributed by atoms with van der Waals surface area (Å²) in [6.45, 7) is 12.6. The van der Waals surface area contributed by atoms with E-state index in [9.17, 15) is 29.1 Å². The Bertz CT molecular complexity index is 1910. The minimum absolute atomic E-state index is 0.0911. The van der Waals surface area contributed by atoms with Gasteiger partial charge in [0.15, 0.2) is 0 Å². The van der Waals surface area contributed by atoms with E-state index >= 15 is 0 Å². The van der Waals surface area contributed by atoms with E-state index < -0.39 is 53.0 Å². The fourth-order valence-electron chi connectivity index (χ4n) is 6.94. The number of hydrogen-bond donors (Lipinski definition) is 3. The number of hydrogen-bond acceptors (Lipinski definition) is 7. The van der Waals surface area contributed by atoms with Crippen LogP contribution in [0.1, 0.15) is 106 Å². The molecule has 2 aliphatic rings. The van der Waals surface area contributed by atoms with Crippen LogP contribution in [0.25, 0.3) is 0 Å². The van der Waals surface area contributed by atoms with E-state index in [0.29, 0.717) is 5.75 Å². The molecule has 0 bridgehead atoms. The van der Waals surface area contributed by atoms with E-state index in [4.69, 9.17) is 9.47 Å². The smallest absolute Gasteiger partial charge is 0.410 e. The van der Waals surface area contributed by atoms with Crippen LogP contribution in [-0.4, -0.2) is 75.5 Å². The summed E-state index contributed by atoms with van der Waals surface area (Å²) in [5.74, 6) is -1.69. The predicted molar refractivity (Wildman–Crippen MR) is 207 cm³/mol. The first-order chi connectivity index (χ1) is 25.8. The number of aryl methyl sites for hydroxylation is 1. The number of ether oxygens (including phenoxy) is 2. The fraction of sp³-hybridized carbons (Fsp3) is 0.465. The highest BCUT2D eigenvalue weighted by Crippen LogP contribution is 2.33. The van der Waals surface area contributed by atoms with Gasteiger partial charge >= 0.3 is 12.1 Å². The average Bonchev–Trinajstić information content (AvgIpc) is 3.13. The molecule has 0 spiro atoms. The monoisotopic (exact) mass is 754 g/mol. The Morgan fingerprint density at radius 3 is 2.27 bits per heavy atom. The molecule has 3 aromatic carbocycles. The molecule has 0 fully saturated rings. The van der Waals surface area contributed by atoms with Crippen molar-refractivity contribution in [1.82, 2.24) is 20.4 Å². The van der Waals surface area contributed by atoms with Gasteiger partial charge in [-0.25, -0.2) is 9.59 Å². The summed E-state index contributed by atoms with van der Waals surface area (Å²) >= 11 is 0. The lowest BCUT2D eigenvalue weighted by molar-refractivity contribution is -0.147. The molecule has 1 aliphatic heterocycles. The second-order valence-corrected chi connectivity index (χ2v) is 16.6. The zero-order valence-corrected chi connectivity index (χ0v) is 33.1. The molecule has 0 saturated carbocycles. The zero-order chi connectivity index (χ0) is 40.2. The van der Waals surface area contributed by atoms with Gasteiger partial charge < -0.3 is 30.1 Å². The molecule has 0 radical (unpaired) electrons. The number of nitrogens with zero attached hydrogens (tertiary/aromatic N) is 2. The summed E-state index contributed by atoms with van der Waals surface area (Å²) < 4.78 is 11.6. The minimum atomic E-state index is -1.05. The third kappa shape index (κ3) is 10.0. The molecule has 3 aromatic rings. The number of amides is 4. The van der Waals surface area contributed by atoms with Crippen molar-refractivity contribution >= 4 is 29.8 Å². The summed E-state index contributed by atoms with van der Waals surface area (Å²) in [6.07, 6.45) is 2.23. The lowest BCUT2D eigenvalue weighted by Gasteiger charge is -2.42. The third-order valence-corrected chi connectivity index (χ3v) is 10.2. The number of carbonyl (C=O) groups excluding carboxylic acids is 4. The fourth-order valence-corrected chi connectivity index (χ4v) is 6.94. The molecule has 5 rings (SSSR count). The second-order valence-electron chi connectivity index (χ2n) is 16.6. The van der Waals surface area contributed by atoms with Gasteiger partial charge in [-0.05, 0) is 104 Å². The lowest BCUT2D eigenvalue weighted by atomic mass is 9.83. The van der Waals surface area contributed by atoms with Crippen molar-refractivity contribution in [1.29, 1.82) is 0 Å². The van der Waals surface area contributed by atoms with Crippen LogP contribution in [0.4, 0.5) is 4.79 Å². The number of likely N-dealkylation sites (N-methyl/N-ethyl adjacent to an activating group) is 1. The molecule has 294 valence electrons. The Morgan fingerprint density at radius 1 is 0.927 bits per heavy atom. The first-order valence-electron chi connectivity index (χ1n) is 18.8. The van der Waals surface area contributed by atoms with E-state index in [-0.39, 0.29) is 37.1 Å². The van der Waals surface area contributed by atoms with Gasteiger partial charge in [0.05, 0.1) is 11.6 Å². The summed E-state index contributed by atoms with van der Waals surface area (Å²) in [7, 11) is 1.47. The van der Waals surface area contributed by atoms with E-state index in [1.54, 1.807) is 44.7 Å². The number of carboxylic acids is 1. The van der Waals surface area contributed by atoms with Crippen molar-refractivity contribution in [3.05, 3.63) is 100 Å². The van der Waals surface area contributed by atoms with Crippen molar-refractivity contribution in [2.45, 2.75) is 117 Å². The lowest BCUT2D eigenvalue weighted by Crippen LogP contribution is -2.62. The van der Waals surface area contributed by atoms with Crippen LogP contribution >= 0.6 is 0 Å². The first kappa shape index (κ1) is 40.8. The highest BCUT2D eigenvalue weighted by atomic mass is 16.6. The van der Waals surface area contributed by atoms with E-state index in [0.717, 1.165) is 41.5 Å². The Balaban J connectivity index is 1.42. The molecule has 55 heavy (non-hydrogen) atoms. The molecule has 1 aliphatic carbocycles. The largest absolute Gasteiger partial charge is 0.489 e. The molecule has 1 heterocycles. The molecule has 0 saturated heterocycles. The van der Waals surface area contributed by atoms with E-state index in [1.807, 2.05) is 57.2 Å². The zero-order valence-electron chi connectivity index (χ0n) is 33.1. The van der Waals surface area contributed by atoms with Gasteiger partial charge in [-0.1, -0.05) is 63.2 Å². The van der Waals surface area contributed by atoms with Gasteiger partial charge in [0.2, 0.25) is 17.7 Å². The summed E-state index contributed by atoms with van der Waals surface area (Å²) in [6, 6.07) is 17.1. The molecule has 4 atom stereocenters. The quantitative estimate of drug-likeness (QED) is 0.221. The first-order valence-corrected chi connectivity index (χ1v) is 18.8. The van der Waals surface area contributed by atoms with Gasteiger partial charge in [0.1, 0.15) is 36.1 Å². The van der Waals surface area contributed by atoms with Crippen LogP contribution in [0.5, 0.6) is 5.75 Å². The van der Waals surface area contributed by atoms with Crippen LogP contribution in [0.2, 0.25) is 0 Å². The van der Waals surface area contributed by atoms with Gasteiger partial charge in [-0.2, -0.15) is 0 Å². The third-order valence-electron chi connectivity index (χ3n) is 10.2. The Kier molecular flexibility index (Phi) is 12.3. The number of rotatable bonds is 10. The van der Waals surface area contributed by atoms with Crippen molar-refractivity contribution in [2.75, 3.05) is 7.05 Å². The number of aromatic carboxylic acids is 1. The van der Waals surface area contributed by atoms with Crippen LogP contribution in [0.15, 0.2) is 66.7 Å². The van der Waals surface area contributed by atoms with Gasteiger partial charge in [-0.15, -0.1) is 0 Å². The molecular weight excluding hydrogens is 700 g/mol. The topological polar surface area (TPSA) is 155 Å². The maximum atomic E-state index is 14.8. The molecule has 12 nitrogen and oxygen atoms in total. The molecule has 12 heteroatoms. The molecule has 3 unspecified atom stereocenters. The predicted octanol–water partition coefficient (Wildman–Crippen LogP) is 6.20. The van der Waals surface area contributed by atoms with Crippen molar-refractivity contribution in [3.63, 3.8) is 0 Å². The summed E-state index contributed by atoms with van der Waals surface area (Å²) in [5, 5.41) is 15.4. The molecule has 3 N–H and O–H groups in total. The van der Waals surface area contributed by atoms with Crippen LogP contribution < -0.4 is 15.4 Å². The van der Waals surface area contributed by atoms with E-state index in [1.165, 1.54) is 29.6 Å². The average molecular weight is 755 g/mol. The SMILES string of the molecule is C[C@@H](C(=O)NC(C(=O)N1Cc2cc(OCc3ccc(C(=O)O)cc3)ccc2CC1C(=O)NC1CCCc2ccccc21)C(C)(C)C)N(C)C(=O)OC(C)(C)C. The van der Waals surface area contributed by atoms with Crippen molar-refractivity contribution in [2.24, 2.45) is 5.41 Å². The second kappa shape index (κ2) is 16.5. The van der Waals surface area contributed by atoms with Crippen LogP contribution in [0.3, 0.4) is 0 Å². The number of carboxylic acid groups (broad SMARTS) is 1. The highest BCUT2D eigenvalue weighted by Gasteiger charge is 2.43. The molecule has 0 aromatic heterocycles. The number of fused-ring (bicyclic) bond motifs is 2. The molecular formula is C43H54N4O8.